The molecule has 2 rings (SSSR count). The fourth-order valence-corrected chi connectivity index (χ4v) is 3.38. The predicted molar refractivity (Wildman–Crippen MR) is 97.2 cm³/mol. The summed E-state index contributed by atoms with van der Waals surface area (Å²) >= 11 is 0. The third-order valence-electron chi connectivity index (χ3n) is 3.82. The minimum Gasteiger partial charge on any atom is -0.360 e. The lowest BCUT2D eigenvalue weighted by Gasteiger charge is -2.19. The molecule has 7 nitrogen and oxygen atoms in total. The number of carbonyl (C=O) groups excluding carboxylic acids is 1. The summed E-state index contributed by atoms with van der Waals surface area (Å²) in [5.74, 6) is 0.427. The normalized spacial score (nSPS) is 11.4. The summed E-state index contributed by atoms with van der Waals surface area (Å²) in [5.41, 5.74) is 2.80. The number of amides is 1. The molecule has 0 unspecified atom stereocenters. The summed E-state index contributed by atoms with van der Waals surface area (Å²) in [4.78, 5) is 12.3. The molecule has 1 heterocycles. The van der Waals surface area contributed by atoms with E-state index in [1.54, 1.807) is 6.92 Å². The van der Waals surface area contributed by atoms with Crippen molar-refractivity contribution in [2.75, 3.05) is 22.4 Å². The van der Waals surface area contributed by atoms with Crippen LogP contribution in [0.4, 0.5) is 11.5 Å². The lowest BCUT2D eigenvalue weighted by Crippen LogP contribution is -2.33. The molecule has 0 fully saturated rings. The molecule has 1 amide bonds. The lowest BCUT2D eigenvalue weighted by atomic mass is 10.1. The summed E-state index contributed by atoms with van der Waals surface area (Å²) in [5, 5.41) is 6.61. The Balaban J connectivity index is 2.10. The van der Waals surface area contributed by atoms with E-state index in [1.165, 1.54) is 6.07 Å². The van der Waals surface area contributed by atoms with Crippen LogP contribution in [0, 0.1) is 13.8 Å². The quantitative estimate of drug-likeness (QED) is 0.814. The lowest BCUT2D eigenvalue weighted by molar-refractivity contribution is -0.116. The summed E-state index contributed by atoms with van der Waals surface area (Å²) in [6.45, 7) is 5.61. The van der Waals surface area contributed by atoms with E-state index in [0.717, 1.165) is 33.8 Å². The number of aromatic nitrogens is 1. The number of benzene rings is 1. The second kappa shape index (κ2) is 7.69. The maximum Gasteiger partial charge on any atom is 0.233 e. The zero-order valence-corrected chi connectivity index (χ0v) is 15.7. The molecule has 0 saturated heterocycles. The zero-order valence-electron chi connectivity index (χ0n) is 14.9. The average Bonchev–Trinajstić information content (AvgIpc) is 2.94. The Morgan fingerprint density at radius 3 is 2.60 bits per heavy atom. The van der Waals surface area contributed by atoms with E-state index in [9.17, 15) is 13.2 Å². The van der Waals surface area contributed by atoms with Crippen LogP contribution in [-0.4, -0.2) is 32.3 Å². The number of hydrogen-bond donors (Lipinski definition) is 1. The molecule has 2 aromatic rings. The first kappa shape index (κ1) is 19.0. The number of nitrogens with zero attached hydrogens (tertiary/aromatic N) is 2. The molecule has 0 aliphatic rings. The molecule has 0 saturated carbocycles. The molecule has 0 aliphatic heterocycles. The molecule has 1 aromatic carbocycles. The number of anilines is 2. The van der Waals surface area contributed by atoms with Crippen LogP contribution in [0.5, 0.6) is 0 Å². The third kappa shape index (κ3) is 4.82. The highest BCUT2D eigenvalue weighted by molar-refractivity contribution is 7.92. The van der Waals surface area contributed by atoms with Gasteiger partial charge >= 0.3 is 0 Å². The molecular weight excluding hydrogens is 342 g/mol. The summed E-state index contributed by atoms with van der Waals surface area (Å²) in [7, 11) is -3.56. The topological polar surface area (TPSA) is 92.5 Å². The first-order valence-corrected chi connectivity index (χ1v) is 9.86. The number of aryl methyl sites for hydroxylation is 3. The maximum absolute atomic E-state index is 12.3. The van der Waals surface area contributed by atoms with Crippen molar-refractivity contribution in [1.29, 1.82) is 0 Å². The van der Waals surface area contributed by atoms with Gasteiger partial charge in [-0.25, -0.2) is 8.42 Å². The van der Waals surface area contributed by atoms with Crippen LogP contribution in [0.15, 0.2) is 28.8 Å². The standard InChI is InChI=1S/C17H23N3O4S/c1-5-14-8-6-7-12(2)17(14)18-16(21)9-10-20(25(4,22)23)15-11-13(3)24-19-15/h6-8,11H,5,9-10H2,1-4H3,(H,18,21). The van der Waals surface area contributed by atoms with Crippen LogP contribution < -0.4 is 9.62 Å². The molecule has 0 bridgehead atoms. The van der Waals surface area contributed by atoms with Crippen molar-refractivity contribution < 1.29 is 17.7 Å². The van der Waals surface area contributed by atoms with Crippen LogP contribution in [0.1, 0.15) is 30.2 Å². The SMILES string of the molecule is CCc1cccc(C)c1NC(=O)CCN(c1cc(C)on1)S(C)(=O)=O. The van der Waals surface area contributed by atoms with Crippen LogP contribution in [-0.2, 0) is 21.2 Å². The van der Waals surface area contributed by atoms with Crippen LogP contribution in [0.25, 0.3) is 0 Å². The minimum atomic E-state index is -3.56. The van der Waals surface area contributed by atoms with E-state index < -0.39 is 10.0 Å². The molecule has 8 heteroatoms. The second-order valence-corrected chi connectivity index (χ2v) is 7.80. The van der Waals surface area contributed by atoms with Gasteiger partial charge in [-0.1, -0.05) is 30.3 Å². The van der Waals surface area contributed by atoms with Crippen LogP contribution in [0.3, 0.4) is 0 Å². The summed E-state index contributed by atoms with van der Waals surface area (Å²) in [6.07, 6.45) is 1.88. The third-order valence-corrected chi connectivity index (χ3v) is 4.99. The number of para-hydroxylation sites is 1. The Labute approximate surface area is 148 Å². The van der Waals surface area contributed by atoms with Gasteiger partial charge in [-0.2, -0.15) is 0 Å². The van der Waals surface area contributed by atoms with E-state index in [1.807, 2.05) is 32.0 Å². The highest BCUT2D eigenvalue weighted by Crippen LogP contribution is 2.22. The number of rotatable bonds is 7. The average molecular weight is 365 g/mol. The first-order valence-electron chi connectivity index (χ1n) is 8.01. The van der Waals surface area contributed by atoms with Crippen molar-refractivity contribution in [3.8, 4) is 0 Å². The number of carbonyl (C=O) groups is 1. The van der Waals surface area contributed by atoms with Gasteiger partial charge in [0.25, 0.3) is 0 Å². The van der Waals surface area contributed by atoms with Crippen molar-refractivity contribution in [2.45, 2.75) is 33.6 Å². The molecule has 25 heavy (non-hydrogen) atoms. The van der Waals surface area contributed by atoms with Crippen LogP contribution >= 0.6 is 0 Å². The Morgan fingerprint density at radius 1 is 1.32 bits per heavy atom. The number of hydrogen-bond acceptors (Lipinski definition) is 5. The Morgan fingerprint density at radius 2 is 2.04 bits per heavy atom. The molecule has 0 atom stereocenters. The van der Waals surface area contributed by atoms with Crippen molar-refractivity contribution in [1.82, 2.24) is 5.16 Å². The van der Waals surface area contributed by atoms with Gasteiger partial charge in [0.05, 0.1) is 6.26 Å². The van der Waals surface area contributed by atoms with Crippen molar-refractivity contribution >= 4 is 27.4 Å². The van der Waals surface area contributed by atoms with Crippen molar-refractivity contribution in [3.63, 3.8) is 0 Å². The molecule has 1 N–H and O–H groups in total. The fraction of sp³-hybridized carbons (Fsp3) is 0.412. The van der Waals surface area contributed by atoms with Crippen molar-refractivity contribution in [2.24, 2.45) is 0 Å². The minimum absolute atomic E-state index is 0.00994. The van der Waals surface area contributed by atoms with Gasteiger partial charge in [-0.3, -0.25) is 9.10 Å². The number of sulfonamides is 1. The van der Waals surface area contributed by atoms with E-state index in [0.29, 0.717) is 5.76 Å². The van der Waals surface area contributed by atoms with E-state index in [4.69, 9.17) is 4.52 Å². The van der Waals surface area contributed by atoms with Gasteiger partial charge < -0.3 is 9.84 Å². The maximum atomic E-state index is 12.3. The Bertz CT molecular complexity index is 859. The van der Waals surface area contributed by atoms with Crippen LogP contribution in [0.2, 0.25) is 0 Å². The van der Waals surface area contributed by atoms with Gasteiger partial charge in [0.1, 0.15) is 5.76 Å². The molecule has 136 valence electrons. The smallest absolute Gasteiger partial charge is 0.233 e. The highest BCUT2D eigenvalue weighted by atomic mass is 32.2. The number of nitrogens with one attached hydrogen (secondary N) is 1. The van der Waals surface area contributed by atoms with Gasteiger partial charge in [0.2, 0.25) is 15.9 Å². The van der Waals surface area contributed by atoms with Gasteiger partial charge in [0, 0.05) is 24.7 Å². The first-order chi connectivity index (χ1) is 11.7. The Kier molecular flexibility index (Phi) is 5.84. The molecule has 0 aliphatic carbocycles. The van der Waals surface area contributed by atoms with E-state index in [-0.39, 0.29) is 24.7 Å². The predicted octanol–water partition coefficient (Wildman–Crippen LogP) is 2.65. The second-order valence-electron chi connectivity index (χ2n) is 5.89. The largest absolute Gasteiger partial charge is 0.360 e. The highest BCUT2D eigenvalue weighted by Gasteiger charge is 2.22. The van der Waals surface area contributed by atoms with Gasteiger partial charge in [-0.05, 0) is 31.4 Å². The van der Waals surface area contributed by atoms with Crippen molar-refractivity contribution in [3.05, 3.63) is 41.2 Å². The van der Waals surface area contributed by atoms with Gasteiger partial charge in [-0.15, -0.1) is 0 Å². The molecular formula is C17H23N3O4S. The van der Waals surface area contributed by atoms with Gasteiger partial charge in [0.15, 0.2) is 5.82 Å². The summed E-state index contributed by atoms with van der Waals surface area (Å²) in [6, 6.07) is 7.36. The molecule has 1 aromatic heterocycles. The van der Waals surface area contributed by atoms with E-state index >= 15 is 0 Å². The Hall–Kier alpha value is -2.35. The molecule has 0 radical (unpaired) electrons. The fourth-order valence-electron chi connectivity index (χ4n) is 2.53. The molecule has 0 spiro atoms. The monoisotopic (exact) mass is 365 g/mol. The zero-order chi connectivity index (χ0) is 18.6. The van der Waals surface area contributed by atoms with E-state index in [2.05, 4.69) is 10.5 Å². The summed E-state index contributed by atoms with van der Waals surface area (Å²) < 4.78 is 30.0.